The van der Waals surface area contributed by atoms with Gasteiger partial charge in [-0.25, -0.2) is 4.79 Å². The SMILES string of the molecule is C=CC1[C@H](CO[Si](C)(C)C(C)(C)C)N1C(=O)OC(C)(C)C. The highest BCUT2D eigenvalue weighted by Gasteiger charge is 2.52. The van der Waals surface area contributed by atoms with Crippen LogP contribution in [0.2, 0.25) is 18.1 Å². The molecule has 1 rings (SSSR count). The lowest BCUT2D eigenvalue weighted by Gasteiger charge is -2.36. The molecule has 122 valence electrons. The number of ether oxygens (including phenoxy) is 1. The van der Waals surface area contributed by atoms with Crippen LogP contribution < -0.4 is 0 Å². The summed E-state index contributed by atoms with van der Waals surface area (Å²) in [5, 5.41) is 0.169. The van der Waals surface area contributed by atoms with Crippen LogP contribution in [0.15, 0.2) is 12.7 Å². The molecular weight excluding hydrogens is 282 g/mol. The van der Waals surface area contributed by atoms with Crippen molar-refractivity contribution in [1.82, 2.24) is 4.90 Å². The lowest BCUT2D eigenvalue weighted by atomic mass is 10.2. The van der Waals surface area contributed by atoms with Crippen molar-refractivity contribution >= 4 is 14.4 Å². The predicted octanol–water partition coefficient (Wildman–Crippen LogP) is 4.18. The van der Waals surface area contributed by atoms with Crippen molar-refractivity contribution in [3.8, 4) is 0 Å². The molecule has 0 aromatic heterocycles. The number of hydrogen-bond donors (Lipinski definition) is 0. The summed E-state index contributed by atoms with van der Waals surface area (Å²) >= 11 is 0. The Bertz CT molecular complexity index is 407. The highest BCUT2D eigenvalue weighted by Crippen LogP contribution is 2.39. The van der Waals surface area contributed by atoms with Crippen LogP contribution in [0.3, 0.4) is 0 Å². The van der Waals surface area contributed by atoms with E-state index in [0.29, 0.717) is 6.61 Å². The van der Waals surface area contributed by atoms with Crippen molar-refractivity contribution in [2.75, 3.05) is 6.61 Å². The second kappa shape index (κ2) is 5.76. The zero-order valence-electron chi connectivity index (χ0n) is 14.8. The molecule has 1 heterocycles. The second-order valence-electron chi connectivity index (χ2n) is 8.25. The van der Waals surface area contributed by atoms with Crippen LogP contribution in [-0.2, 0) is 9.16 Å². The summed E-state index contributed by atoms with van der Waals surface area (Å²) in [4.78, 5) is 13.8. The normalized spacial score (nSPS) is 23.0. The van der Waals surface area contributed by atoms with Crippen LogP contribution in [-0.4, -0.2) is 43.6 Å². The summed E-state index contributed by atoms with van der Waals surface area (Å²) in [5.74, 6) is 0. The van der Waals surface area contributed by atoms with Gasteiger partial charge in [0.25, 0.3) is 0 Å². The zero-order chi connectivity index (χ0) is 16.6. The highest BCUT2D eigenvalue weighted by atomic mass is 28.4. The van der Waals surface area contributed by atoms with E-state index in [1.54, 1.807) is 11.0 Å². The van der Waals surface area contributed by atoms with E-state index in [2.05, 4.69) is 40.4 Å². The summed E-state index contributed by atoms with van der Waals surface area (Å²) in [6, 6.07) is 0.0936. The summed E-state index contributed by atoms with van der Waals surface area (Å²) in [6.07, 6.45) is 1.51. The molecular formula is C16H31NO3Si. The number of amides is 1. The third kappa shape index (κ3) is 4.58. The van der Waals surface area contributed by atoms with Crippen LogP contribution in [0.5, 0.6) is 0 Å². The van der Waals surface area contributed by atoms with Crippen molar-refractivity contribution < 1.29 is 14.0 Å². The lowest BCUT2D eigenvalue weighted by molar-refractivity contribution is 0.0389. The largest absolute Gasteiger partial charge is 0.444 e. The number of hydrogen-bond acceptors (Lipinski definition) is 3. The predicted molar refractivity (Wildman–Crippen MR) is 89.0 cm³/mol. The van der Waals surface area contributed by atoms with Gasteiger partial charge in [-0.05, 0) is 38.9 Å². The first kappa shape index (κ1) is 18.2. The Morgan fingerprint density at radius 2 is 1.76 bits per heavy atom. The van der Waals surface area contributed by atoms with Crippen LogP contribution in [0.1, 0.15) is 41.5 Å². The molecule has 5 heteroatoms. The Labute approximate surface area is 130 Å². The zero-order valence-corrected chi connectivity index (χ0v) is 15.8. The molecule has 0 N–H and O–H groups in total. The van der Waals surface area contributed by atoms with Gasteiger partial charge in [0.1, 0.15) is 5.60 Å². The van der Waals surface area contributed by atoms with Gasteiger partial charge in [0.05, 0.1) is 18.7 Å². The molecule has 0 aliphatic carbocycles. The standard InChI is InChI=1S/C16H31NO3Si/c1-10-12-13(11-19-21(8,9)16(5,6)7)17(12)14(18)20-15(2,3)4/h10,12-13H,1,11H2,2-9H3/t12?,13-,17?/m0/s1. The molecule has 0 saturated carbocycles. The molecule has 1 aliphatic heterocycles. The van der Waals surface area contributed by atoms with Gasteiger partial charge in [0.2, 0.25) is 0 Å². The van der Waals surface area contributed by atoms with Crippen molar-refractivity contribution in [2.45, 2.75) is 77.4 Å². The summed E-state index contributed by atoms with van der Waals surface area (Å²) < 4.78 is 11.6. The molecule has 1 saturated heterocycles. The van der Waals surface area contributed by atoms with E-state index in [4.69, 9.17) is 9.16 Å². The molecule has 1 unspecified atom stereocenters. The molecule has 1 fully saturated rings. The van der Waals surface area contributed by atoms with Crippen molar-refractivity contribution in [1.29, 1.82) is 0 Å². The van der Waals surface area contributed by atoms with Crippen molar-refractivity contribution in [3.05, 3.63) is 12.7 Å². The third-order valence-corrected chi connectivity index (χ3v) is 8.75. The Morgan fingerprint density at radius 3 is 2.14 bits per heavy atom. The minimum Gasteiger partial charge on any atom is -0.444 e. The van der Waals surface area contributed by atoms with Gasteiger partial charge in [0, 0.05) is 0 Å². The van der Waals surface area contributed by atoms with E-state index in [0.717, 1.165) is 0 Å². The molecule has 1 aliphatic rings. The average Bonchev–Trinajstić information content (AvgIpc) is 2.95. The number of nitrogens with zero attached hydrogens (tertiary/aromatic N) is 1. The molecule has 4 nitrogen and oxygen atoms in total. The van der Waals surface area contributed by atoms with Gasteiger partial charge >= 0.3 is 6.09 Å². The van der Waals surface area contributed by atoms with Gasteiger partial charge in [-0.2, -0.15) is 0 Å². The number of carbonyl (C=O) groups excluding carboxylic acids is 1. The van der Waals surface area contributed by atoms with Crippen LogP contribution in [0, 0.1) is 0 Å². The fourth-order valence-corrected chi connectivity index (χ4v) is 2.85. The molecule has 0 bridgehead atoms. The summed E-state index contributed by atoms with van der Waals surface area (Å²) in [7, 11) is -1.79. The topological polar surface area (TPSA) is 38.5 Å². The maximum atomic E-state index is 12.1. The average molecular weight is 314 g/mol. The van der Waals surface area contributed by atoms with E-state index in [1.807, 2.05) is 20.8 Å². The van der Waals surface area contributed by atoms with E-state index >= 15 is 0 Å². The monoisotopic (exact) mass is 313 g/mol. The van der Waals surface area contributed by atoms with E-state index in [9.17, 15) is 4.79 Å². The summed E-state index contributed by atoms with van der Waals surface area (Å²) in [6.45, 7) is 21.1. The van der Waals surface area contributed by atoms with Crippen LogP contribution in [0.25, 0.3) is 0 Å². The molecule has 0 spiro atoms. The highest BCUT2D eigenvalue weighted by molar-refractivity contribution is 6.74. The van der Waals surface area contributed by atoms with Gasteiger partial charge in [-0.3, -0.25) is 4.90 Å². The second-order valence-corrected chi connectivity index (χ2v) is 13.1. The molecule has 0 radical (unpaired) electrons. The van der Waals surface area contributed by atoms with Crippen LogP contribution >= 0.6 is 0 Å². The molecule has 0 aromatic carbocycles. The van der Waals surface area contributed by atoms with Crippen molar-refractivity contribution in [2.24, 2.45) is 0 Å². The maximum Gasteiger partial charge on any atom is 0.411 e. The van der Waals surface area contributed by atoms with E-state index in [1.165, 1.54) is 0 Å². The van der Waals surface area contributed by atoms with Gasteiger partial charge < -0.3 is 9.16 Å². The fourth-order valence-electron chi connectivity index (χ4n) is 1.83. The Balaban J connectivity index is 2.61. The van der Waals surface area contributed by atoms with Crippen molar-refractivity contribution in [3.63, 3.8) is 0 Å². The Morgan fingerprint density at radius 1 is 1.24 bits per heavy atom. The van der Waals surface area contributed by atoms with Gasteiger partial charge in [-0.1, -0.05) is 26.8 Å². The smallest absolute Gasteiger partial charge is 0.411 e. The van der Waals surface area contributed by atoms with E-state index < -0.39 is 13.9 Å². The molecule has 21 heavy (non-hydrogen) atoms. The third-order valence-electron chi connectivity index (χ3n) is 4.25. The van der Waals surface area contributed by atoms with Gasteiger partial charge in [0.15, 0.2) is 8.32 Å². The lowest BCUT2D eigenvalue weighted by Crippen LogP contribution is -2.42. The van der Waals surface area contributed by atoms with Gasteiger partial charge in [-0.15, -0.1) is 6.58 Å². The first-order valence-corrected chi connectivity index (χ1v) is 10.5. The minimum atomic E-state index is -1.79. The molecule has 1 amide bonds. The maximum absolute atomic E-state index is 12.1. The van der Waals surface area contributed by atoms with Crippen LogP contribution in [0.4, 0.5) is 4.79 Å². The Kier molecular flexibility index (Phi) is 5.00. The molecule has 2 atom stereocenters. The summed E-state index contributed by atoms with van der Waals surface area (Å²) in [5.41, 5.74) is -0.476. The minimum absolute atomic E-state index is 0.0321. The number of carbonyl (C=O) groups is 1. The fraction of sp³-hybridized carbons (Fsp3) is 0.812. The first-order valence-electron chi connectivity index (χ1n) is 7.58. The number of rotatable bonds is 4. The van der Waals surface area contributed by atoms with E-state index in [-0.39, 0.29) is 23.2 Å². The molecule has 0 aromatic rings. The first-order chi connectivity index (χ1) is 9.30. The Hall–Kier alpha value is -0.813. The quantitative estimate of drug-likeness (QED) is 0.444.